The van der Waals surface area contributed by atoms with Gasteiger partial charge in [0.15, 0.2) is 5.96 Å². The Bertz CT molecular complexity index is 435. The van der Waals surface area contributed by atoms with Crippen molar-refractivity contribution in [1.82, 2.24) is 4.90 Å². The van der Waals surface area contributed by atoms with Crippen LogP contribution < -0.4 is 11.5 Å². The molecule has 0 unspecified atom stereocenters. The molecular formula is C15H32N4O2. The lowest BCUT2D eigenvalue weighted by Crippen LogP contribution is -2.66. The second-order valence-corrected chi connectivity index (χ2v) is 7.62. The molecule has 21 heavy (non-hydrogen) atoms. The fourth-order valence-electron chi connectivity index (χ4n) is 2.85. The van der Waals surface area contributed by atoms with Crippen LogP contribution >= 0.6 is 0 Å². The minimum Gasteiger partial charge on any atom is -0.480 e. The summed E-state index contributed by atoms with van der Waals surface area (Å²) in [5, 5.41) is 9.82. The van der Waals surface area contributed by atoms with Gasteiger partial charge in [0.1, 0.15) is 5.54 Å². The number of nitrogens with two attached hydrogens (primary N) is 2. The fraction of sp³-hybridized carbons (Fsp3) is 0.867. The first-order valence-corrected chi connectivity index (χ1v) is 7.07. The van der Waals surface area contributed by atoms with E-state index in [1.165, 1.54) is 0 Å². The molecule has 0 saturated heterocycles. The number of nitrogens with zero attached hydrogens (tertiary/aromatic N) is 2. The van der Waals surface area contributed by atoms with E-state index < -0.39 is 27.9 Å². The van der Waals surface area contributed by atoms with Crippen LogP contribution in [0.25, 0.3) is 0 Å². The summed E-state index contributed by atoms with van der Waals surface area (Å²) in [5.41, 5.74) is 8.27. The molecule has 0 radical (unpaired) electrons. The molecule has 1 atom stereocenters. The first-order valence-electron chi connectivity index (χ1n) is 7.07. The average molecular weight is 300 g/mol. The van der Waals surface area contributed by atoms with Crippen molar-refractivity contribution in [2.24, 2.45) is 27.3 Å². The molecule has 5 N–H and O–H groups in total. The minimum atomic E-state index is -1.08. The van der Waals surface area contributed by atoms with E-state index in [1.54, 1.807) is 25.9 Å². The van der Waals surface area contributed by atoms with E-state index in [0.717, 1.165) is 0 Å². The predicted molar refractivity (Wildman–Crippen MR) is 87.2 cm³/mol. The molecule has 0 fully saturated rings. The Labute approximate surface area is 128 Å². The summed E-state index contributed by atoms with van der Waals surface area (Å²) >= 11 is 0. The summed E-state index contributed by atoms with van der Waals surface area (Å²) in [7, 11) is 3.55. The van der Waals surface area contributed by atoms with Crippen molar-refractivity contribution in [3.63, 3.8) is 0 Å². The highest BCUT2D eigenvalue weighted by atomic mass is 16.4. The Morgan fingerprint density at radius 1 is 0.952 bits per heavy atom. The number of aliphatic imine (C=N–C) groups is 1. The van der Waals surface area contributed by atoms with Crippen molar-refractivity contribution in [2.75, 3.05) is 14.1 Å². The highest BCUT2D eigenvalue weighted by molar-refractivity contribution is 5.80. The van der Waals surface area contributed by atoms with Crippen LogP contribution in [0, 0.1) is 10.8 Å². The highest BCUT2D eigenvalue weighted by Gasteiger charge is 2.60. The summed E-state index contributed by atoms with van der Waals surface area (Å²) in [6.07, 6.45) is 0. The molecule has 0 aliphatic rings. The normalized spacial score (nSPS) is 16.5. The molecule has 0 aromatic rings. The summed E-state index contributed by atoms with van der Waals surface area (Å²) in [4.78, 5) is 18.1. The standard InChI is InChI=1S/C15H32N4O2/c1-12(2,14(5,6)18-11(16)17)13(3,4)15(7,10(20)21)19(8)9/h1-9H3,(H,20,21)(H4,16,17,18)/t15-/m1/s1. The van der Waals surface area contributed by atoms with Crippen LogP contribution in [0.15, 0.2) is 4.99 Å². The van der Waals surface area contributed by atoms with E-state index in [0.29, 0.717) is 0 Å². The second-order valence-electron chi connectivity index (χ2n) is 7.62. The summed E-state index contributed by atoms with van der Waals surface area (Å²) in [6.45, 7) is 13.5. The van der Waals surface area contributed by atoms with Gasteiger partial charge in [-0.05, 0) is 40.3 Å². The molecular weight excluding hydrogens is 268 g/mol. The SMILES string of the molecule is CN(C)[C@](C)(C(=O)O)C(C)(C)C(C)(C)C(C)(C)N=C(N)N. The van der Waals surface area contributed by atoms with Gasteiger partial charge in [0.05, 0.1) is 5.54 Å². The molecule has 0 rings (SSSR count). The van der Waals surface area contributed by atoms with Crippen molar-refractivity contribution in [1.29, 1.82) is 0 Å². The van der Waals surface area contributed by atoms with Crippen molar-refractivity contribution >= 4 is 11.9 Å². The third-order valence-corrected chi connectivity index (χ3v) is 6.03. The van der Waals surface area contributed by atoms with E-state index in [2.05, 4.69) is 4.99 Å². The van der Waals surface area contributed by atoms with Gasteiger partial charge in [-0.2, -0.15) is 0 Å². The van der Waals surface area contributed by atoms with Gasteiger partial charge in [0.25, 0.3) is 0 Å². The lowest BCUT2D eigenvalue weighted by molar-refractivity contribution is -0.167. The van der Waals surface area contributed by atoms with Crippen LogP contribution in [0.3, 0.4) is 0 Å². The van der Waals surface area contributed by atoms with E-state index in [9.17, 15) is 9.90 Å². The molecule has 0 aromatic carbocycles. The maximum Gasteiger partial charge on any atom is 0.324 e. The van der Waals surface area contributed by atoms with Crippen LogP contribution in [0.2, 0.25) is 0 Å². The van der Waals surface area contributed by atoms with Gasteiger partial charge in [-0.1, -0.05) is 27.7 Å². The van der Waals surface area contributed by atoms with Crippen molar-refractivity contribution in [3.05, 3.63) is 0 Å². The largest absolute Gasteiger partial charge is 0.480 e. The number of likely N-dealkylation sites (N-methyl/N-ethyl adjacent to an activating group) is 1. The van der Waals surface area contributed by atoms with Crippen LogP contribution in [0.1, 0.15) is 48.5 Å². The Morgan fingerprint density at radius 2 is 1.33 bits per heavy atom. The van der Waals surface area contributed by atoms with Gasteiger partial charge in [0.2, 0.25) is 0 Å². The first-order chi connectivity index (χ1) is 9.05. The predicted octanol–water partition coefficient (Wildman–Crippen LogP) is 1.50. The van der Waals surface area contributed by atoms with Gasteiger partial charge in [-0.3, -0.25) is 9.69 Å². The summed E-state index contributed by atoms with van der Waals surface area (Å²) in [6, 6.07) is 0. The number of carbonyl (C=O) groups is 1. The van der Waals surface area contributed by atoms with Crippen LogP contribution in [-0.4, -0.2) is 47.1 Å². The molecule has 6 nitrogen and oxygen atoms in total. The molecule has 0 aromatic heterocycles. The zero-order valence-corrected chi connectivity index (χ0v) is 14.9. The van der Waals surface area contributed by atoms with Crippen molar-refractivity contribution in [2.45, 2.75) is 59.5 Å². The van der Waals surface area contributed by atoms with Gasteiger partial charge in [0, 0.05) is 5.41 Å². The number of hydrogen-bond acceptors (Lipinski definition) is 3. The molecule has 0 aliphatic heterocycles. The highest BCUT2D eigenvalue weighted by Crippen LogP contribution is 2.55. The lowest BCUT2D eigenvalue weighted by atomic mass is 9.51. The quantitative estimate of drug-likeness (QED) is 0.509. The number of hydrogen-bond donors (Lipinski definition) is 3. The van der Waals surface area contributed by atoms with Crippen LogP contribution in [0.5, 0.6) is 0 Å². The zero-order valence-electron chi connectivity index (χ0n) is 14.9. The summed E-state index contributed by atoms with van der Waals surface area (Å²) < 4.78 is 0. The van der Waals surface area contributed by atoms with E-state index in [-0.39, 0.29) is 5.96 Å². The van der Waals surface area contributed by atoms with Crippen molar-refractivity contribution in [3.8, 4) is 0 Å². The number of rotatable bonds is 6. The molecule has 0 heterocycles. The first kappa shape index (κ1) is 19.7. The van der Waals surface area contributed by atoms with E-state index in [1.807, 2.05) is 41.5 Å². The maximum atomic E-state index is 12.0. The average Bonchev–Trinajstić information content (AvgIpc) is 2.24. The number of guanidine groups is 1. The zero-order chi connectivity index (χ0) is 17.4. The number of carboxylic acid groups (broad SMARTS) is 1. The van der Waals surface area contributed by atoms with Gasteiger partial charge < -0.3 is 16.6 Å². The second kappa shape index (κ2) is 5.48. The lowest BCUT2D eigenvalue weighted by Gasteiger charge is -2.58. The number of aliphatic carboxylic acids is 1. The third-order valence-electron chi connectivity index (χ3n) is 6.03. The smallest absolute Gasteiger partial charge is 0.324 e. The molecule has 6 heteroatoms. The van der Waals surface area contributed by atoms with E-state index >= 15 is 0 Å². The van der Waals surface area contributed by atoms with Crippen LogP contribution in [-0.2, 0) is 4.79 Å². The summed E-state index contributed by atoms with van der Waals surface area (Å²) in [5.74, 6) is -0.864. The van der Waals surface area contributed by atoms with Crippen LogP contribution in [0.4, 0.5) is 0 Å². The van der Waals surface area contributed by atoms with E-state index in [4.69, 9.17) is 11.5 Å². The molecule has 0 aliphatic carbocycles. The van der Waals surface area contributed by atoms with Gasteiger partial charge in [-0.25, -0.2) is 4.99 Å². The molecule has 0 amide bonds. The molecule has 124 valence electrons. The Hall–Kier alpha value is -1.30. The number of carboxylic acids is 1. The van der Waals surface area contributed by atoms with Gasteiger partial charge >= 0.3 is 5.97 Å². The Kier molecular flexibility index (Phi) is 5.14. The maximum absolute atomic E-state index is 12.0. The van der Waals surface area contributed by atoms with Gasteiger partial charge in [-0.15, -0.1) is 0 Å². The molecule has 0 spiro atoms. The monoisotopic (exact) mass is 300 g/mol. The molecule has 0 bridgehead atoms. The minimum absolute atomic E-state index is 0.00533. The molecule has 0 saturated carbocycles. The third kappa shape index (κ3) is 2.86. The topological polar surface area (TPSA) is 105 Å². The Morgan fingerprint density at radius 3 is 1.57 bits per heavy atom. The fourth-order valence-corrected chi connectivity index (χ4v) is 2.85. The van der Waals surface area contributed by atoms with Crippen molar-refractivity contribution < 1.29 is 9.90 Å². The Balaban J connectivity index is 6.22.